The largest absolute Gasteiger partial charge is 0.352 e. The van der Waals surface area contributed by atoms with Crippen molar-refractivity contribution in [3.05, 3.63) is 36.0 Å². The minimum Gasteiger partial charge on any atom is -0.352 e. The number of aromatic nitrogens is 4. The van der Waals surface area contributed by atoms with E-state index in [2.05, 4.69) is 20.6 Å². The molecule has 0 bridgehead atoms. The number of nitrogens with zero attached hydrogens (tertiary/aromatic N) is 5. The van der Waals surface area contributed by atoms with Crippen LogP contribution in [-0.4, -0.2) is 49.5 Å². The monoisotopic (exact) mass is 497 g/mol. The molecule has 1 aliphatic heterocycles. The number of rotatable bonds is 6. The summed E-state index contributed by atoms with van der Waals surface area (Å²) < 4.78 is 29.9. The highest BCUT2D eigenvalue weighted by molar-refractivity contribution is 5.79. The Hall–Kier alpha value is -3.30. The first-order valence-electron chi connectivity index (χ1n) is 12.9. The fraction of sp³-hybridized carbons (Fsp3) is 0.538. The number of imidazole rings is 1. The number of hydrogen-bond acceptors (Lipinski definition) is 6. The van der Waals surface area contributed by atoms with Crippen molar-refractivity contribution in [3.63, 3.8) is 0 Å². The Labute approximate surface area is 209 Å². The van der Waals surface area contributed by atoms with E-state index in [4.69, 9.17) is 4.98 Å². The zero-order valence-electron chi connectivity index (χ0n) is 20.8. The van der Waals surface area contributed by atoms with Crippen LogP contribution in [0.1, 0.15) is 64.8 Å². The summed E-state index contributed by atoms with van der Waals surface area (Å²) in [6.07, 6.45) is 8.16. The molecule has 2 N–H and O–H groups in total. The second-order valence-electron chi connectivity index (χ2n) is 10.1. The number of piperidine rings is 1. The molecule has 0 radical (unpaired) electrons. The SMILES string of the molecule is CC(C)Nc1ncc2nc(Nc3ccc(F)cc3F)n(C3CCC(C(=O)N4CCCCC4)CC3)c2n1. The number of hydrogen-bond donors (Lipinski definition) is 2. The van der Waals surface area contributed by atoms with Crippen molar-refractivity contribution in [1.29, 1.82) is 0 Å². The number of fused-ring (bicyclic) bond motifs is 1. The molecule has 8 nitrogen and oxygen atoms in total. The number of carbonyl (C=O) groups excluding carboxylic acids is 1. The van der Waals surface area contributed by atoms with Gasteiger partial charge in [-0.1, -0.05) is 0 Å². The maximum absolute atomic E-state index is 14.5. The molecule has 1 aliphatic carbocycles. The average Bonchev–Trinajstić information content (AvgIpc) is 3.22. The number of nitrogens with one attached hydrogen (secondary N) is 2. The fourth-order valence-electron chi connectivity index (χ4n) is 5.32. The van der Waals surface area contributed by atoms with Crippen molar-refractivity contribution in [2.45, 2.75) is 70.9 Å². The molecule has 3 heterocycles. The van der Waals surface area contributed by atoms with Gasteiger partial charge in [-0.2, -0.15) is 4.98 Å². The molecule has 0 spiro atoms. The van der Waals surface area contributed by atoms with Crippen LogP contribution in [0.2, 0.25) is 0 Å². The van der Waals surface area contributed by atoms with Crippen LogP contribution in [0, 0.1) is 17.6 Å². The van der Waals surface area contributed by atoms with E-state index in [1.807, 2.05) is 23.3 Å². The van der Waals surface area contributed by atoms with Gasteiger partial charge in [-0.15, -0.1) is 0 Å². The predicted molar refractivity (Wildman–Crippen MR) is 135 cm³/mol. The number of halogens is 2. The van der Waals surface area contributed by atoms with Crippen molar-refractivity contribution < 1.29 is 13.6 Å². The Morgan fingerprint density at radius 1 is 1.06 bits per heavy atom. The first-order valence-corrected chi connectivity index (χ1v) is 12.9. The zero-order chi connectivity index (χ0) is 25.2. The lowest BCUT2D eigenvalue weighted by Crippen LogP contribution is -2.41. The van der Waals surface area contributed by atoms with Crippen molar-refractivity contribution in [3.8, 4) is 0 Å². The molecule has 1 amide bonds. The van der Waals surface area contributed by atoms with Gasteiger partial charge in [0.1, 0.15) is 17.2 Å². The van der Waals surface area contributed by atoms with Crippen LogP contribution in [0.3, 0.4) is 0 Å². The van der Waals surface area contributed by atoms with Crippen LogP contribution in [-0.2, 0) is 4.79 Å². The molecule has 1 saturated heterocycles. The Kier molecular flexibility index (Phi) is 7.02. The summed E-state index contributed by atoms with van der Waals surface area (Å²) in [5.41, 5.74) is 1.36. The quantitative estimate of drug-likeness (QED) is 0.473. The summed E-state index contributed by atoms with van der Waals surface area (Å²) in [7, 11) is 0. The molecular formula is C26H33F2N7O. The van der Waals surface area contributed by atoms with Crippen LogP contribution in [0.5, 0.6) is 0 Å². The number of benzene rings is 1. The fourth-order valence-corrected chi connectivity index (χ4v) is 5.32. The predicted octanol–water partition coefficient (Wildman–Crippen LogP) is 5.41. The van der Waals surface area contributed by atoms with Gasteiger partial charge in [0, 0.05) is 37.2 Å². The van der Waals surface area contributed by atoms with Gasteiger partial charge in [0.2, 0.25) is 17.8 Å². The maximum atomic E-state index is 14.5. The Bertz CT molecular complexity index is 1230. The minimum atomic E-state index is -0.697. The smallest absolute Gasteiger partial charge is 0.225 e. The van der Waals surface area contributed by atoms with Crippen LogP contribution >= 0.6 is 0 Å². The van der Waals surface area contributed by atoms with Crippen LogP contribution in [0.25, 0.3) is 11.2 Å². The Morgan fingerprint density at radius 2 is 1.81 bits per heavy atom. The molecular weight excluding hydrogens is 464 g/mol. The van der Waals surface area contributed by atoms with E-state index in [1.54, 1.807) is 6.20 Å². The van der Waals surface area contributed by atoms with Crippen molar-refractivity contribution in [2.75, 3.05) is 23.7 Å². The molecule has 5 rings (SSSR count). The summed E-state index contributed by atoms with van der Waals surface area (Å²) in [6.45, 7) is 5.75. The van der Waals surface area contributed by atoms with Crippen molar-refractivity contribution >= 4 is 34.7 Å². The molecule has 0 atom stereocenters. The number of amides is 1. The minimum absolute atomic E-state index is 0.0351. The first-order chi connectivity index (χ1) is 17.4. The Morgan fingerprint density at radius 3 is 2.50 bits per heavy atom. The lowest BCUT2D eigenvalue weighted by molar-refractivity contribution is -0.137. The van der Waals surface area contributed by atoms with Gasteiger partial charge in [-0.25, -0.2) is 18.7 Å². The lowest BCUT2D eigenvalue weighted by Gasteiger charge is -2.34. The zero-order valence-corrected chi connectivity index (χ0v) is 20.8. The van der Waals surface area contributed by atoms with Gasteiger partial charge in [0.15, 0.2) is 5.65 Å². The first kappa shape index (κ1) is 24.4. The maximum Gasteiger partial charge on any atom is 0.225 e. The third-order valence-corrected chi connectivity index (χ3v) is 7.11. The summed E-state index contributed by atoms with van der Waals surface area (Å²) >= 11 is 0. The second kappa shape index (κ2) is 10.4. The molecule has 2 aliphatic rings. The molecule has 1 saturated carbocycles. The van der Waals surface area contributed by atoms with E-state index in [-0.39, 0.29) is 29.6 Å². The summed E-state index contributed by atoms with van der Waals surface area (Å²) in [5.74, 6) is -0.102. The number of anilines is 3. The highest BCUT2D eigenvalue weighted by Gasteiger charge is 2.32. The second-order valence-corrected chi connectivity index (χ2v) is 10.1. The third-order valence-electron chi connectivity index (χ3n) is 7.11. The summed E-state index contributed by atoms with van der Waals surface area (Å²) in [5, 5.41) is 6.27. The van der Waals surface area contributed by atoms with Gasteiger partial charge in [-0.05, 0) is 70.9 Å². The van der Waals surface area contributed by atoms with Crippen molar-refractivity contribution in [1.82, 2.24) is 24.4 Å². The highest BCUT2D eigenvalue weighted by Crippen LogP contribution is 2.38. The van der Waals surface area contributed by atoms with E-state index in [0.717, 1.165) is 57.7 Å². The molecule has 1 aromatic carbocycles. The average molecular weight is 498 g/mol. The molecule has 10 heteroatoms. The number of likely N-dealkylation sites (tertiary alicyclic amines) is 1. The third kappa shape index (κ3) is 5.12. The van der Waals surface area contributed by atoms with E-state index in [1.165, 1.54) is 18.6 Å². The van der Waals surface area contributed by atoms with Gasteiger partial charge < -0.3 is 15.5 Å². The molecule has 36 heavy (non-hydrogen) atoms. The lowest BCUT2D eigenvalue weighted by atomic mass is 9.84. The van der Waals surface area contributed by atoms with Gasteiger partial charge in [-0.3, -0.25) is 9.36 Å². The molecule has 2 aromatic heterocycles. The topological polar surface area (TPSA) is 88.0 Å². The van der Waals surface area contributed by atoms with E-state index >= 15 is 0 Å². The van der Waals surface area contributed by atoms with Gasteiger partial charge in [0.25, 0.3) is 0 Å². The van der Waals surface area contributed by atoms with E-state index in [9.17, 15) is 13.6 Å². The summed E-state index contributed by atoms with van der Waals surface area (Å²) in [4.78, 5) is 28.9. The van der Waals surface area contributed by atoms with Crippen molar-refractivity contribution in [2.24, 2.45) is 5.92 Å². The highest BCUT2D eigenvalue weighted by atomic mass is 19.1. The number of carbonyl (C=O) groups is 1. The molecule has 0 unspecified atom stereocenters. The Balaban J connectivity index is 1.43. The van der Waals surface area contributed by atoms with Crippen LogP contribution in [0.4, 0.5) is 26.4 Å². The van der Waals surface area contributed by atoms with Crippen LogP contribution < -0.4 is 10.6 Å². The summed E-state index contributed by atoms with van der Waals surface area (Å²) in [6, 6.07) is 3.60. The van der Waals surface area contributed by atoms with Gasteiger partial charge in [0.05, 0.1) is 11.9 Å². The normalized spacial score (nSPS) is 20.6. The van der Waals surface area contributed by atoms with E-state index < -0.39 is 11.6 Å². The standard InChI is InChI=1S/C26H33F2N7O/c1-16(2)30-25-29-15-22-23(33-25)35(26(32-22)31-21-11-8-18(27)14-20(21)28)19-9-6-17(7-10-19)24(36)34-12-4-3-5-13-34/h8,11,14-17,19H,3-7,9-10,12-13H2,1-2H3,(H,31,32)(H,29,30,33). The molecule has 3 aromatic rings. The van der Waals surface area contributed by atoms with E-state index in [0.29, 0.717) is 23.1 Å². The van der Waals surface area contributed by atoms with Crippen LogP contribution in [0.15, 0.2) is 24.4 Å². The van der Waals surface area contributed by atoms with Gasteiger partial charge >= 0.3 is 0 Å². The molecule has 2 fully saturated rings. The molecule has 192 valence electrons.